The largest absolute Gasteiger partial charge is 0.369 e. The summed E-state index contributed by atoms with van der Waals surface area (Å²) in [5.41, 5.74) is 4.95. The monoisotopic (exact) mass is 212 g/mol. The van der Waals surface area contributed by atoms with E-state index in [0.29, 0.717) is 0 Å². The van der Waals surface area contributed by atoms with E-state index in [1.807, 2.05) is 0 Å². The van der Waals surface area contributed by atoms with Gasteiger partial charge in [0, 0.05) is 0 Å². The zero-order chi connectivity index (χ0) is 10.6. The molecule has 0 spiro atoms. The van der Waals surface area contributed by atoms with Gasteiger partial charge in [0.15, 0.2) is 5.82 Å². The molecule has 1 rings (SSSR count). The number of amides is 1. The molecule has 1 heterocycles. The number of carbonyl (C=O) groups is 1. The third-order valence-electron chi connectivity index (χ3n) is 1.31. The lowest BCUT2D eigenvalue weighted by molar-refractivity contribution is -0.117. The van der Waals surface area contributed by atoms with Crippen molar-refractivity contribution in [2.45, 2.75) is 6.42 Å². The van der Waals surface area contributed by atoms with Crippen molar-refractivity contribution in [2.24, 2.45) is 5.73 Å². The van der Waals surface area contributed by atoms with E-state index < -0.39 is 11.7 Å². The second-order valence-electron chi connectivity index (χ2n) is 2.43. The molecule has 0 aliphatic heterocycles. The summed E-state index contributed by atoms with van der Waals surface area (Å²) in [6.07, 6.45) is 0.857. The van der Waals surface area contributed by atoms with Gasteiger partial charge in [0.25, 0.3) is 0 Å². The van der Waals surface area contributed by atoms with Crippen molar-refractivity contribution in [1.82, 2.24) is 4.98 Å². The van der Waals surface area contributed by atoms with Crippen molar-refractivity contribution in [2.75, 3.05) is 0 Å². The topological polar surface area (TPSA) is 56.0 Å². The Morgan fingerprint density at radius 3 is 3.07 bits per heavy atom. The third-order valence-corrected chi connectivity index (χ3v) is 1.51. The predicted molar refractivity (Wildman–Crippen MR) is 49.9 cm³/mol. The van der Waals surface area contributed by atoms with E-state index in [0.717, 1.165) is 6.20 Å². The molecule has 3 nitrogen and oxygen atoms in total. The van der Waals surface area contributed by atoms with Crippen LogP contribution >= 0.6 is 11.6 Å². The van der Waals surface area contributed by atoms with Crippen molar-refractivity contribution in [3.05, 3.63) is 28.8 Å². The van der Waals surface area contributed by atoms with Crippen LogP contribution in [0.1, 0.15) is 12.0 Å². The van der Waals surface area contributed by atoms with Crippen molar-refractivity contribution >= 4 is 17.5 Å². The SMILES string of the molecule is NC(=O)CC#Cc1cc(Cl)ncc1F. The average Bonchev–Trinajstić information content (AvgIpc) is 2.10. The molecule has 0 aromatic carbocycles. The minimum atomic E-state index is -0.577. The molecule has 0 saturated heterocycles. The Labute approximate surface area is 85.1 Å². The van der Waals surface area contributed by atoms with Crippen LogP contribution in [0.25, 0.3) is 0 Å². The highest BCUT2D eigenvalue weighted by molar-refractivity contribution is 6.29. The first kappa shape index (κ1) is 10.5. The van der Waals surface area contributed by atoms with Crippen molar-refractivity contribution in [1.29, 1.82) is 0 Å². The molecular formula is C9H6ClFN2O. The van der Waals surface area contributed by atoms with E-state index in [-0.39, 0.29) is 17.1 Å². The normalized spacial score (nSPS) is 9.00. The van der Waals surface area contributed by atoms with Crippen LogP contribution in [0, 0.1) is 17.7 Å². The summed E-state index contributed by atoms with van der Waals surface area (Å²) in [5.74, 6) is 3.72. The highest BCUT2D eigenvalue weighted by atomic mass is 35.5. The maximum atomic E-state index is 13.0. The number of hydrogen-bond acceptors (Lipinski definition) is 2. The highest BCUT2D eigenvalue weighted by Crippen LogP contribution is 2.10. The van der Waals surface area contributed by atoms with E-state index in [2.05, 4.69) is 16.8 Å². The molecule has 14 heavy (non-hydrogen) atoms. The lowest BCUT2D eigenvalue weighted by Crippen LogP contribution is -2.08. The van der Waals surface area contributed by atoms with Crippen LogP contribution in [0.4, 0.5) is 4.39 Å². The molecule has 1 amide bonds. The van der Waals surface area contributed by atoms with Crippen LogP contribution in [0.2, 0.25) is 5.15 Å². The minimum absolute atomic E-state index is 0.103. The Kier molecular flexibility index (Phi) is 3.43. The summed E-state index contributed by atoms with van der Waals surface area (Å²) in [7, 11) is 0. The van der Waals surface area contributed by atoms with Crippen LogP contribution < -0.4 is 5.73 Å². The predicted octanol–water partition coefficient (Wildman–Crippen LogP) is 1.10. The van der Waals surface area contributed by atoms with Crippen molar-refractivity contribution in [3.8, 4) is 11.8 Å². The number of nitrogens with zero attached hydrogens (tertiary/aromatic N) is 1. The summed E-state index contributed by atoms with van der Waals surface area (Å²) in [6, 6.07) is 1.28. The van der Waals surface area contributed by atoms with E-state index in [4.69, 9.17) is 17.3 Å². The number of primary amides is 1. The summed E-state index contributed by atoms with van der Waals surface area (Å²) in [6.45, 7) is 0. The van der Waals surface area contributed by atoms with Gasteiger partial charge in [0.05, 0.1) is 18.2 Å². The van der Waals surface area contributed by atoms with Gasteiger partial charge >= 0.3 is 0 Å². The molecule has 5 heteroatoms. The molecule has 0 aliphatic rings. The van der Waals surface area contributed by atoms with Crippen LogP contribution in [-0.4, -0.2) is 10.9 Å². The van der Waals surface area contributed by atoms with Crippen LogP contribution in [0.3, 0.4) is 0 Å². The molecule has 2 N–H and O–H groups in total. The van der Waals surface area contributed by atoms with Gasteiger partial charge in [0.1, 0.15) is 5.15 Å². The quantitative estimate of drug-likeness (QED) is 0.560. The molecule has 0 atom stereocenters. The van der Waals surface area contributed by atoms with E-state index in [9.17, 15) is 9.18 Å². The van der Waals surface area contributed by atoms with E-state index in [1.165, 1.54) is 6.07 Å². The average molecular weight is 213 g/mol. The van der Waals surface area contributed by atoms with Gasteiger partial charge in [-0.1, -0.05) is 23.4 Å². The number of carbonyl (C=O) groups excluding carboxylic acids is 1. The molecular weight excluding hydrogens is 207 g/mol. The van der Waals surface area contributed by atoms with Gasteiger partial charge in [-0.25, -0.2) is 9.37 Å². The fourth-order valence-electron chi connectivity index (χ4n) is 0.736. The molecule has 0 bridgehead atoms. The Bertz CT molecular complexity index is 423. The number of aromatic nitrogens is 1. The van der Waals surface area contributed by atoms with Gasteiger partial charge in [0.2, 0.25) is 5.91 Å². The molecule has 0 fully saturated rings. The van der Waals surface area contributed by atoms with Crippen LogP contribution in [-0.2, 0) is 4.79 Å². The fraction of sp³-hybridized carbons (Fsp3) is 0.111. The lowest BCUT2D eigenvalue weighted by Gasteiger charge is -1.93. The maximum Gasteiger partial charge on any atom is 0.229 e. The first-order chi connectivity index (χ1) is 6.59. The van der Waals surface area contributed by atoms with Crippen molar-refractivity contribution < 1.29 is 9.18 Å². The molecule has 0 radical (unpaired) electrons. The summed E-state index contributed by atoms with van der Waals surface area (Å²) in [4.78, 5) is 13.8. The van der Waals surface area contributed by atoms with E-state index in [1.54, 1.807) is 0 Å². The van der Waals surface area contributed by atoms with Gasteiger partial charge in [-0.3, -0.25) is 4.79 Å². The Balaban J connectivity index is 2.88. The lowest BCUT2D eigenvalue weighted by atomic mass is 10.2. The smallest absolute Gasteiger partial charge is 0.229 e. The zero-order valence-electron chi connectivity index (χ0n) is 7.05. The Morgan fingerprint density at radius 2 is 2.43 bits per heavy atom. The zero-order valence-corrected chi connectivity index (χ0v) is 7.81. The highest BCUT2D eigenvalue weighted by Gasteiger charge is 2.00. The van der Waals surface area contributed by atoms with Gasteiger partial charge in [-0.15, -0.1) is 0 Å². The molecule has 0 aliphatic carbocycles. The molecule has 1 aromatic heterocycles. The number of pyridine rings is 1. The minimum Gasteiger partial charge on any atom is -0.369 e. The maximum absolute atomic E-state index is 13.0. The van der Waals surface area contributed by atoms with Gasteiger partial charge in [-0.05, 0) is 6.07 Å². The molecule has 0 saturated carbocycles. The second-order valence-corrected chi connectivity index (χ2v) is 2.82. The second kappa shape index (κ2) is 4.58. The third kappa shape index (κ3) is 3.04. The Morgan fingerprint density at radius 1 is 1.71 bits per heavy atom. The number of halogens is 2. The van der Waals surface area contributed by atoms with Gasteiger partial charge < -0.3 is 5.73 Å². The van der Waals surface area contributed by atoms with Crippen molar-refractivity contribution in [3.63, 3.8) is 0 Å². The first-order valence-electron chi connectivity index (χ1n) is 3.68. The fourth-order valence-corrected chi connectivity index (χ4v) is 0.893. The van der Waals surface area contributed by atoms with Crippen LogP contribution in [0.15, 0.2) is 12.3 Å². The summed E-state index contributed by atoms with van der Waals surface area (Å²) in [5, 5.41) is 0.148. The summed E-state index contributed by atoms with van der Waals surface area (Å²) < 4.78 is 13.0. The molecule has 1 aromatic rings. The summed E-state index contributed by atoms with van der Waals surface area (Å²) >= 11 is 5.52. The van der Waals surface area contributed by atoms with E-state index >= 15 is 0 Å². The van der Waals surface area contributed by atoms with Crippen LogP contribution in [0.5, 0.6) is 0 Å². The first-order valence-corrected chi connectivity index (χ1v) is 4.05. The molecule has 72 valence electrons. The standard InChI is InChI=1S/C9H6ClFN2O/c10-8-4-6(7(11)5-13-8)2-1-3-9(12)14/h4-5H,3H2,(H2,12,14). The number of nitrogens with two attached hydrogens (primary N) is 1. The number of rotatable bonds is 1. The Hall–Kier alpha value is -1.60. The van der Waals surface area contributed by atoms with Gasteiger partial charge in [-0.2, -0.15) is 0 Å². The number of hydrogen-bond donors (Lipinski definition) is 1. The molecule has 0 unspecified atom stereocenters.